The molecular formula is C29H60O13. The summed E-state index contributed by atoms with van der Waals surface area (Å²) in [6, 6.07) is 0. The summed E-state index contributed by atoms with van der Waals surface area (Å²) in [6.45, 7) is 19.0. The van der Waals surface area contributed by atoms with Gasteiger partial charge in [-0.3, -0.25) is 0 Å². The van der Waals surface area contributed by atoms with E-state index in [0.29, 0.717) is 159 Å². The van der Waals surface area contributed by atoms with Crippen molar-refractivity contribution in [2.24, 2.45) is 0 Å². The van der Waals surface area contributed by atoms with Gasteiger partial charge in [0.25, 0.3) is 0 Å². The number of hydrogen-bond donors (Lipinski definition) is 0. The van der Waals surface area contributed by atoms with Crippen LogP contribution in [0.4, 0.5) is 0 Å². The van der Waals surface area contributed by atoms with Gasteiger partial charge in [-0.2, -0.15) is 0 Å². The van der Waals surface area contributed by atoms with Crippen LogP contribution < -0.4 is 0 Å². The van der Waals surface area contributed by atoms with Gasteiger partial charge in [0.1, 0.15) is 0 Å². The lowest BCUT2D eigenvalue weighted by Gasteiger charge is -2.19. The smallest absolute Gasteiger partial charge is 0.0707 e. The molecule has 42 heavy (non-hydrogen) atoms. The largest absolute Gasteiger partial charge is 0.382 e. The van der Waals surface area contributed by atoms with E-state index in [1.54, 1.807) is 7.11 Å². The van der Waals surface area contributed by atoms with Gasteiger partial charge in [0, 0.05) is 7.11 Å². The van der Waals surface area contributed by atoms with E-state index in [9.17, 15) is 0 Å². The number of methoxy groups -OCH3 is 1. The summed E-state index contributed by atoms with van der Waals surface area (Å²) in [7, 11) is 1.65. The van der Waals surface area contributed by atoms with E-state index in [2.05, 4.69) is 0 Å². The van der Waals surface area contributed by atoms with Gasteiger partial charge < -0.3 is 61.6 Å². The Bertz CT molecular complexity index is 495. The topological polar surface area (TPSA) is 120 Å². The molecule has 254 valence electrons. The highest BCUT2D eigenvalue weighted by Crippen LogP contribution is 2.05. The van der Waals surface area contributed by atoms with Crippen LogP contribution in [0.1, 0.15) is 20.8 Å². The van der Waals surface area contributed by atoms with Crippen molar-refractivity contribution in [1.82, 2.24) is 0 Å². The van der Waals surface area contributed by atoms with Gasteiger partial charge in [-0.05, 0) is 20.8 Å². The minimum atomic E-state index is -0.132. The van der Waals surface area contributed by atoms with Crippen LogP contribution in [0, 0.1) is 0 Å². The first-order chi connectivity index (χ1) is 20.6. The molecule has 0 unspecified atom stereocenters. The van der Waals surface area contributed by atoms with Crippen LogP contribution in [0.3, 0.4) is 0 Å². The van der Waals surface area contributed by atoms with Crippen molar-refractivity contribution in [3.63, 3.8) is 0 Å². The maximum Gasteiger partial charge on any atom is 0.0707 e. The highest BCUT2D eigenvalue weighted by molar-refractivity contribution is 4.57. The fourth-order valence-electron chi connectivity index (χ4n) is 2.85. The van der Waals surface area contributed by atoms with Gasteiger partial charge in [-0.15, -0.1) is 0 Å². The molecule has 0 amide bonds. The van der Waals surface area contributed by atoms with Crippen LogP contribution in [0.2, 0.25) is 0 Å². The Morgan fingerprint density at radius 2 is 0.429 bits per heavy atom. The summed E-state index contributed by atoms with van der Waals surface area (Å²) in [4.78, 5) is 0. The van der Waals surface area contributed by atoms with Gasteiger partial charge in [0.05, 0.1) is 164 Å². The van der Waals surface area contributed by atoms with Crippen LogP contribution in [0.15, 0.2) is 0 Å². The molecule has 0 saturated heterocycles. The Hall–Kier alpha value is -0.520. The lowest BCUT2D eigenvalue weighted by molar-refractivity contribution is -0.0467. The van der Waals surface area contributed by atoms with E-state index in [4.69, 9.17) is 61.6 Å². The van der Waals surface area contributed by atoms with Crippen molar-refractivity contribution in [3.05, 3.63) is 0 Å². The summed E-state index contributed by atoms with van der Waals surface area (Å²) in [6.07, 6.45) is 0. The molecule has 0 bridgehead atoms. The molecule has 0 fully saturated rings. The number of rotatable bonds is 36. The van der Waals surface area contributed by atoms with Gasteiger partial charge in [0.15, 0.2) is 0 Å². The summed E-state index contributed by atoms with van der Waals surface area (Å²) in [5.74, 6) is 0. The van der Waals surface area contributed by atoms with Gasteiger partial charge in [-0.1, -0.05) is 0 Å². The summed E-state index contributed by atoms with van der Waals surface area (Å²) in [5.41, 5.74) is -0.132. The second-order valence-corrected chi connectivity index (χ2v) is 9.69. The molecule has 0 aliphatic rings. The molecule has 0 aliphatic heterocycles. The summed E-state index contributed by atoms with van der Waals surface area (Å²) in [5, 5.41) is 0. The predicted molar refractivity (Wildman–Crippen MR) is 157 cm³/mol. The van der Waals surface area contributed by atoms with Crippen LogP contribution >= 0.6 is 0 Å². The van der Waals surface area contributed by atoms with E-state index in [1.807, 2.05) is 20.8 Å². The quantitative estimate of drug-likeness (QED) is 0.0950. The first-order valence-electron chi connectivity index (χ1n) is 15.0. The molecular weight excluding hydrogens is 556 g/mol. The number of ether oxygens (including phenoxy) is 13. The zero-order chi connectivity index (χ0) is 30.7. The Morgan fingerprint density at radius 3 is 0.595 bits per heavy atom. The van der Waals surface area contributed by atoms with Crippen molar-refractivity contribution in [2.75, 3.05) is 166 Å². The standard InChI is InChI=1S/C29H60O13/c1-29(2,3)42-28-27-41-26-25-40-24-23-39-22-21-38-20-19-37-18-17-36-16-15-35-14-13-34-12-11-33-10-9-32-8-7-31-6-5-30-4/h5-28H2,1-4H3. The van der Waals surface area contributed by atoms with Crippen molar-refractivity contribution >= 4 is 0 Å². The first kappa shape index (κ1) is 41.5. The second kappa shape index (κ2) is 35.0. The molecule has 0 aromatic carbocycles. The van der Waals surface area contributed by atoms with Crippen LogP contribution in [-0.4, -0.2) is 171 Å². The summed E-state index contributed by atoms with van der Waals surface area (Å²) < 4.78 is 70.3. The third-order valence-corrected chi connectivity index (χ3v) is 4.91. The zero-order valence-electron chi connectivity index (χ0n) is 26.8. The van der Waals surface area contributed by atoms with Gasteiger partial charge in [-0.25, -0.2) is 0 Å². The molecule has 0 N–H and O–H groups in total. The lowest BCUT2D eigenvalue weighted by Crippen LogP contribution is -2.22. The van der Waals surface area contributed by atoms with Crippen molar-refractivity contribution < 1.29 is 61.6 Å². The van der Waals surface area contributed by atoms with Crippen molar-refractivity contribution in [1.29, 1.82) is 0 Å². The monoisotopic (exact) mass is 616 g/mol. The Morgan fingerprint density at radius 1 is 0.262 bits per heavy atom. The average Bonchev–Trinajstić information content (AvgIpc) is 2.96. The fraction of sp³-hybridized carbons (Fsp3) is 1.00. The molecule has 0 rings (SSSR count). The average molecular weight is 617 g/mol. The number of hydrogen-bond acceptors (Lipinski definition) is 13. The van der Waals surface area contributed by atoms with Crippen LogP contribution in [0.25, 0.3) is 0 Å². The van der Waals surface area contributed by atoms with Gasteiger partial charge >= 0.3 is 0 Å². The maximum atomic E-state index is 5.57. The van der Waals surface area contributed by atoms with E-state index in [0.717, 1.165) is 0 Å². The van der Waals surface area contributed by atoms with Crippen molar-refractivity contribution in [2.45, 2.75) is 26.4 Å². The molecule has 0 saturated carbocycles. The molecule has 0 spiro atoms. The Balaban J connectivity index is 3.04. The van der Waals surface area contributed by atoms with Gasteiger partial charge in [0.2, 0.25) is 0 Å². The zero-order valence-corrected chi connectivity index (χ0v) is 26.8. The summed E-state index contributed by atoms with van der Waals surface area (Å²) >= 11 is 0. The van der Waals surface area contributed by atoms with E-state index in [1.165, 1.54) is 0 Å². The molecule has 13 heteroatoms. The molecule has 0 atom stereocenters. The van der Waals surface area contributed by atoms with Crippen LogP contribution in [0.5, 0.6) is 0 Å². The molecule has 13 nitrogen and oxygen atoms in total. The SMILES string of the molecule is COCCOCCOCCOCCOCCOCCOCCOCCOCCOCCOCCOCCOC(C)(C)C. The Labute approximate surface area is 253 Å². The predicted octanol–water partition coefficient (Wildman–Crippen LogP) is 1.63. The molecule has 0 radical (unpaired) electrons. The minimum absolute atomic E-state index is 0.132. The van der Waals surface area contributed by atoms with E-state index >= 15 is 0 Å². The minimum Gasteiger partial charge on any atom is -0.382 e. The third kappa shape index (κ3) is 39.5. The Kier molecular flexibility index (Phi) is 34.5. The molecule has 0 aliphatic carbocycles. The maximum absolute atomic E-state index is 5.57. The highest BCUT2D eigenvalue weighted by Gasteiger charge is 2.08. The third-order valence-electron chi connectivity index (χ3n) is 4.91. The first-order valence-corrected chi connectivity index (χ1v) is 15.0. The molecule has 0 aromatic heterocycles. The van der Waals surface area contributed by atoms with Crippen LogP contribution in [-0.2, 0) is 61.6 Å². The molecule has 0 heterocycles. The van der Waals surface area contributed by atoms with Crippen molar-refractivity contribution in [3.8, 4) is 0 Å². The molecule has 0 aromatic rings. The van der Waals surface area contributed by atoms with E-state index < -0.39 is 0 Å². The van der Waals surface area contributed by atoms with E-state index in [-0.39, 0.29) is 5.60 Å². The normalized spacial score (nSPS) is 12.0. The lowest BCUT2D eigenvalue weighted by atomic mass is 10.2. The highest BCUT2D eigenvalue weighted by atomic mass is 16.6. The fourth-order valence-corrected chi connectivity index (χ4v) is 2.85. The second-order valence-electron chi connectivity index (χ2n) is 9.69.